The molecule has 0 unspecified atom stereocenters. The van der Waals surface area contributed by atoms with Gasteiger partial charge in [-0.15, -0.1) is 0 Å². The van der Waals surface area contributed by atoms with Crippen LogP contribution in [-0.2, 0) is 0 Å². The summed E-state index contributed by atoms with van der Waals surface area (Å²) in [5.74, 6) is 1.51. The Morgan fingerprint density at radius 1 is 1.05 bits per heavy atom. The van der Waals surface area contributed by atoms with Gasteiger partial charge < -0.3 is 10.5 Å². The first-order valence-corrected chi connectivity index (χ1v) is 6.88. The van der Waals surface area contributed by atoms with Crippen LogP contribution in [0.4, 0.5) is 5.69 Å². The van der Waals surface area contributed by atoms with E-state index in [4.69, 9.17) is 10.5 Å². The van der Waals surface area contributed by atoms with Crippen molar-refractivity contribution >= 4 is 39.2 Å². The molecule has 94 valence electrons. The van der Waals surface area contributed by atoms with Gasteiger partial charge in [-0.2, -0.15) is 0 Å². The van der Waals surface area contributed by atoms with Crippen molar-refractivity contribution in [2.24, 2.45) is 0 Å². The summed E-state index contributed by atoms with van der Waals surface area (Å²) >= 11 is 2.26. The molecule has 2 aromatic carbocycles. The molecule has 0 aliphatic heterocycles. The topological polar surface area (TPSA) is 48.1 Å². The maximum Gasteiger partial charge on any atom is 0.153 e. The molecule has 0 saturated carbocycles. The second-order valence-electron chi connectivity index (χ2n) is 4.11. The van der Waals surface area contributed by atoms with Crippen molar-refractivity contribution in [1.82, 2.24) is 4.98 Å². The number of aromatic nitrogens is 1. The number of pyridine rings is 1. The van der Waals surface area contributed by atoms with E-state index in [1.165, 1.54) is 0 Å². The molecular weight excluding hydrogens is 351 g/mol. The van der Waals surface area contributed by atoms with Crippen molar-refractivity contribution in [3.8, 4) is 11.5 Å². The molecule has 1 heterocycles. The first kappa shape index (κ1) is 12.2. The van der Waals surface area contributed by atoms with Crippen LogP contribution in [0.25, 0.3) is 10.9 Å². The Labute approximate surface area is 124 Å². The van der Waals surface area contributed by atoms with Crippen LogP contribution in [0.5, 0.6) is 11.5 Å². The molecule has 3 nitrogen and oxygen atoms in total. The first-order chi connectivity index (χ1) is 9.24. The highest BCUT2D eigenvalue weighted by Gasteiger charge is 2.07. The van der Waals surface area contributed by atoms with Gasteiger partial charge in [0.25, 0.3) is 0 Å². The molecule has 2 N–H and O–H groups in total. The summed E-state index contributed by atoms with van der Waals surface area (Å²) in [6.45, 7) is 0. The fourth-order valence-electron chi connectivity index (χ4n) is 1.91. The van der Waals surface area contributed by atoms with Crippen molar-refractivity contribution < 1.29 is 4.74 Å². The zero-order chi connectivity index (χ0) is 13.2. The number of ether oxygens (including phenoxy) is 1. The number of nitrogen functional groups attached to an aromatic ring is 1. The van der Waals surface area contributed by atoms with Crippen LogP contribution in [0.15, 0.2) is 54.7 Å². The third kappa shape index (κ3) is 2.49. The number of benzene rings is 2. The minimum absolute atomic E-state index is 0.707. The third-order valence-corrected chi connectivity index (χ3v) is 3.46. The Morgan fingerprint density at radius 3 is 2.79 bits per heavy atom. The number of hydrogen-bond acceptors (Lipinski definition) is 3. The number of rotatable bonds is 2. The molecule has 3 rings (SSSR count). The van der Waals surface area contributed by atoms with Gasteiger partial charge in [-0.1, -0.05) is 6.07 Å². The van der Waals surface area contributed by atoms with Gasteiger partial charge in [0.15, 0.2) is 5.75 Å². The third-order valence-electron chi connectivity index (χ3n) is 2.79. The molecule has 0 atom stereocenters. The van der Waals surface area contributed by atoms with Crippen LogP contribution in [0.3, 0.4) is 0 Å². The van der Waals surface area contributed by atoms with Crippen LogP contribution in [0.2, 0.25) is 0 Å². The molecule has 1 aromatic heterocycles. The fraction of sp³-hybridized carbons (Fsp3) is 0. The number of nitrogens with zero attached hydrogens (tertiary/aromatic N) is 1. The minimum atomic E-state index is 0.707. The SMILES string of the molecule is Nc1ccc(Oc2cccc(I)c2)c2ncccc12. The number of fused-ring (bicyclic) bond motifs is 1. The van der Waals surface area contributed by atoms with Crippen LogP contribution < -0.4 is 10.5 Å². The number of nitrogens with two attached hydrogens (primary N) is 1. The summed E-state index contributed by atoms with van der Waals surface area (Å²) in [7, 11) is 0. The Morgan fingerprint density at radius 2 is 1.95 bits per heavy atom. The smallest absolute Gasteiger partial charge is 0.153 e. The van der Waals surface area contributed by atoms with E-state index in [0.29, 0.717) is 11.4 Å². The molecule has 0 fully saturated rings. The predicted molar refractivity (Wildman–Crippen MR) is 85.4 cm³/mol. The molecule has 0 radical (unpaired) electrons. The van der Waals surface area contributed by atoms with E-state index in [0.717, 1.165) is 20.2 Å². The first-order valence-electron chi connectivity index (χ1n) is 5.81. The number of hydrogen-bond donors (Lipinski definition) is 1. The number of anilines is 1. The maximum atomic E-state index is 5.95. The van der Waals surface area contributed by atoms with Gasteiger partial charge >= 0.3 is 0 Å². The van der Waals surface area contributed by atoms with Gasteiger partial charge in [0.05, 0.1) is 0 Å². The summed E-state index contributed by atoms with van der Waals surface area (Å²) < 4.78 is 7.03. The molecule has 4 heteroatoms. The van der Waals surface area contributed by atoms with E-state index >= 15 is 0 Å². The van der Waals surface area contributed by atoms with E-state index in [1.807, 2.05) is 48.5 Å². The normalized spacial score (nSPS) is 10.6. The van der Waals surface area contributed by atoms with Gasteiger partial charge in [0, 0.05) is 20.8 Å². The van der Waals surface area contributed by atoms with Gasteiger partial charge in [-0.05, 0) is 65.1 Å². The second kappa shape index (κ2) is 5.05. The molecular formula is C15H11IN2O. The zero-order valence-corrected chi connectivity index (χ0v) is 12.2. The number of halogens is 1. The van der Waals surface area contributed by atoms with Crippen LogP contribution in [0, 0.1) is 3.57 Å². The summed E-state index contributed by atoms with van der Waals surface area (Å²) in [5, 5.41) is 0.908. The molecule has 0 saturated heterocycles. The molecule has 3 aromatic rings. The molecule has 0 amide bonds. The quantitative estimate of drug-likeness (QED) is 0.549. The average molecular weight is 362 g/mol. The maximum absolute atomic E-state index is 5.95. The average Bonchev–Trinajstić information content (AvgIpc) is 2.42. The van der Waals surface area contributed by atoms with Gasteiger partial charge in [-0.3, -0.25) is 4.98 Å². The molecule has 0 aliphatic carbocycles. The second-order valence-corrected chi connectivity index (χ2v) is 5.36. The molecule has 0 aliphatic rings. The van der Waals surface area contributed by atoms with E-state index in [1.54, 1.807) is 6.20 Å². The van der Waals surface area contributed by atoms with E-state index < -0.39 is 0 Å². The lowest BCUT2D eigenvalue weighted by molar-refractivity contribution is 0.487. The predicted octanol–water partition coefficient (Wildman–Crippen LogP) is 4.21. The van der Waals surface area contributed by atoms with Crippen molar-refractivity contribution in [3.63, 3.8) is 0 Å². The molecule has 0 spiro atoms. The largest absolute Gasteiger partial charge is 0.455 e. The van der Waals surface area contributed by atoms with Crippen molar-refractivity contribution in [2.45, 2.75) is 0 Å². The monoisotopic (exact) mass is 362 g/mol. The van der Waals surface area contributed by atoms with Crippen LogP contribution in [-0.4, -0.2) is 4.98 Å². The Hall–Kier alpha value is -1.82. The lowest BCUT2D eigenvalue weighted by Crippen LogP contribution is -1.92. The summed E-state index contributed by atoms with van der Waals surface area (Å²) in [6, 6.07) is 15.4. The van der Waals surface area contributed by atoms with Crippen molar-refractivity contribution in [1.29, 1.82) is 0 Å². The van der Waals surface area contributed by atoms with Crippen molar-refractivity contribution in [3.05, 3.63) is 58.3 Å². The van der Waals surface area contributed by atoms with Gasteiger partial charge in [-0.25, -0.2) is 0 Å². The lowest BCUT2D eigenvalue weighted by atomic mass is 10.1. The lowest BCUT2D eigenvalue weighted by Gasteiger charge is -2.09. The van der Waals surface area contributed by atoms with E-state index in [-0.39, 0.29) is 0 Å². The fourth-order valence-corrected chi connectivity index (χ4v) is 2.42. The summed E-state index contributed by atoms with van der Waals surface area (Å²) in [4.78, 5) is 4.35. The van der Waals surface area contributed by atoms with Crippen LogP contribution in [0.1, 0.15) is 0 Å². The minimum Gasteiger partial charge on any atom is -0.455 e. The highest BCUT2D eigenvalue weighted by Crippen LogP contribution is 2.31. The van der Waals surface area contributed by atoms with E-state index in [2.05, 4.69) is 27.6 Å². The van der Waals surface area contributed by atoms with Crippen molar-refractivity contribution in [2.75, 3.05) is 5.73 Å². The Kier molecular flexibility index (Phi) is 3.25. The van der Waals surface area contributed by atoms with Gasteiger partial charge in [0.2, 0.25) is 0 Å². The Bertz CT molecular complexity index is 743. The highest BCUT2D eigenvalue weighted by molar-refractivity contribution is 14.1. The van der Waals surface area contributed by atoms with Gasteiger partial charge in [0.1, 0.15) is 11.3 Å². The highest BCUT2D eigenvalue weighted by atomic mass is 127. The van der Waals surface area contributed by atoms with Crippen LogP contribution >= 0.6 is 22.6 Å². The zero-order valence-electron chi connectivity index (χ0n) is 10.0. The Balaban J connectivity index is 2.09. The molecule has 19 heavy (non-hydrogen) atoms. The summed E-state index contributed by atoms with van der Waals surface area (Å²) in [6.07, 6.45) is 1.74. The standard InChI is InChI=1S/C15H11IN2O/c16-10-3-1-4-11(9-10)19-14-7-6-13(17)12-5-2-8-18-15(12)14/h1-9H,17H2. The molecule has 0 bridgehead atoms. The summed E-state index contributed by atoms with van der Waals surface area (Å²) in [5.41, 5.74) is 7.43. The van der Waals surface area contributed by atoms with E-state index in [9.17, 15) is 0 Å².